The number of hydrogen-bond acceptors (Lipinski definition) is 5. The Kier molecular flexibility index (Phi) is 7.71. The maximum atomic E-state index is 11.5. The third-order valence-electron chi connectivity index (χ3n) is 4.15. The summed E-state index contributed by atoms with van der Waals surface area (Å²) >= 11 is 1.84. The first-order chi connectivity index (χ1) is 11.9. The quantitative estimate of drug-likeness (QED) is 0.545. The fraction of sp³-hybridized carbons (Fsp3) is 0.706. The fourth-order valence-electron chi connectivity index (χ4n) is 2.78. The molecule has 1 atom stereocenters. The Morgan fingerprint density at radius 3 is 2.68 bits per heavy atom. The molecule has 2 rings (SSSR count). The largest absolute Gasteiger partial charge is 0.357 e. The van der Waals surface area contributed by atoms with Crippen molar-refractivity contribution in [3.63, 3.8) is 0 Å². The molecule has 0 aliphatic carbocycles. The lowest BCUT2D eigenvalue weighted by atomic mass is 10.2. The second-order valence-electron chi connectivity index (χ2n) is 6.52. The molecule has 1 unspecified atom stereocenters. The van der Waals surface area contributed by atoms with Crippen LogP contribution in [0.15, 0.2) is 17.1 Å². The van der Waals surface area contributed by atoms with Gasteiger partial charge in [0.1, 0.15) is 0 Å². The molecule has 0 aromatic carbocycles. The van der Waals surface area contributed by atoms with Gasteiger partial charge >= 0.3 is 0 Å². The van der Waals surface area contributed by atoms with E-state index in [4.69, 9.17) is 0 Å². The normalized spacial score (nSPS) is 19.6. The van der Waals surface area contributed by atoms with Crippen molar-refractivity contribution >= 4 is 27.1 Å². The van der Waals surface area contributed by atoms with Gasteiger partial charge in [-0.25, -0.2) is 8.42 Å². The molecule has 1 aliphatic rings. The van der Waals surface area contributed by atoms with Gasteiger partial charge in [0.05, 0.1) is 18.1 Å². The van der Waals surface area contributed by atoms with E-state index in [0.717, 1.165) is 25.5 Å². The Bertz CT molecular complexity index is 656. The minimum atomic E-state index is -2.81. The van der Waals surface area contributed by atoms with Crippen LogP contribution >= 0.6 is 11.3 Å². The van der Waals surface area contributed by atoms with Crippen LogP contribution in [0.25, 0.3) is 0 Å². The Hall–Kier alpha value is -1.12. The van der Waals surface area contributed by atoms with Crippen LogP contribution in [0, 0.1) is 6.92 Å². The van der Waals surface area contributed by atoms with Gasteiger partial charge in [-0.1, -0.05) is 0 Å². The predicted octanol–water partition coefficient (Wildman–Crippen LogP) is 1.27. The lowest BCUT2D eigenvalue weighted by Gasteiger charge is -2.26. The van der Waals surface area contributed by atoms with E-state index >= 15 is 0 Å². The molecule has 25 heavy (non-hydrogen) atoms. The average Bonchev–Trinajstić information content (AvgIpc) is 2.94. The van der Waals surface area contributed by atoms with Gasteiger partial charge in [0.25, 0.3) is 0 Å². The first-order valence-electron chi connectivity index (χ1n) is 8.91. The summed E-state index contributed by atoms with van der Waals surface area (Å²) < 4.78 is 22.9. The lowest BCUT2D eigenvalue weighted by Crippen LogP contribution is -2.44. The summed E-state index contributed by atoms with van der Waals surface area (Å²) in [6.45, 7) is 9.87. The van der Waals surface area contributed by atoms with Crippen LogP contribution < -0.4 is 10.6 Å². The van der Waals surface area contributed by atoms with Crippen LogP contribution in [0.1, 0.15) is 23.6 Å². The van der Waals surface area contributed by atoms with Gasteiger partial charge in [0, 0.05) is 48.4 Å². The van der Waals surface area contributed by atoms with E-state index in [-0.39, 0.29) is 11.5 Å². The third-order valence-corrected chi connectivity index (χ3v) is 6.79. The Labute approximate surface area is 155 Å². The van der Waals surface area contributed by atoms with E-state index in [2.05, 4.69) is 53.4 Å². The highest BCUT2D eigenvalue weighted by Gasteiger charge is 2.20. The number of thiophene rings is 1. The molecule has 1 aromatic rings. The Morgan fingerprint density at radius 2 is 2.08 bits per heavy atom. The van der Waals surface area contributed by atoms with Gasteiger partial charge in [0.2, 0.25) is 0 Å². The van der Waals surface area contributed by atoms with E-state index in [0.29, 0.717) is 25.7 Å². The van der Waals surface area contributed by atoms with E-state index < -0.39 is 9.84 Å². The van der Waals surface area contributed by atoms with Gasteiger partial charge in [-0.15, -0.1) is 11.3 Å². The number of aryl methyl sites for hydroxylation is 1. The van der Waals surface area contributed by atoms with Gasteiger partial charge in [-0.2, -0.15) is 0 Å². The Morgan fingerprint density at radius 1 is 1.36 bits per heavy atom. The van der Waals surface area contributed by atoms with Crippen molar-refractivity contribution < 1.29 is 8.42 Å². The Balaban J connectivity index is 1.79. The fourth-order valence-corrected chi connectivity index (χ4v) is 5.07. The highest BCUT2D eigenvalue weighted by molar-refractivity contribution is 7.91. The molecule has 0 radical (unpaired) electrons. The van der Waals surface area contributed by atoms with E-state index in [1.807, 2.05) is 11.3 Å². The maximum Gasteiger partial charge on any atom is 0.191 e. The average molecular weight is 387 g/mol. The molecule has 0 amide bonds. The highest BCUT2D eigenvalue weighted by Crippen LogP contribution is 2.16. The standard InChI is InChI=1S/C17H30N4O2S2/c1-4-18-17(20-14(2)13-16-6-5-15(3)24-16)19-7-8-21-9-11-25(22,23)12-10-21/h5-6,14H,4,7-13H2,1-3H3,(H2,18,19,20). The zero-order valence-electron chi connectivity index (χ0n) is 15.4. The zero-order chi connectivity index (χ0) is 18.3. The zero-order valence-corrected chi connectivity index (χ0v) is 17.0. The van der Waals surface area contributed by atoms with Gasteiger partial charge in [0.15, 0.2) is 15.8 Å². The van der Waals surface area contributed by atoms with E-state index in [1.165, 1.54) is 9.75 Å². The number of aliphatic imine (C=N–C) groups is 1. The molecule has 8 heteroatoms. The summed E-state index contributed by atoms with van der Waals surface area (Å²) in [6, 6.07) is 4.65. The maximum absolute atomic E-state index is 11.5. The topological polar surface area (TPSA) is 73.8 Å². The summed E-state index contributed by atoms with van der Waals surface area (Å²) in [4.78, 5) is 9.53. The molecule has 0 spiro atoms. The molecule has 2 N–H and O–H groups in total. The van der Waals surface area contributed by atoms with Crippen molar-refractivity contribution in [2.24, 2.45) is 4.99 Å². The second-order valence-corrected chi connectivity index (χ2v) is 10.2. The van der Waals surface area contributed by atoms with Crippen LogP contribution in [-0.4, -0.2) is 69.5 Å². The molecule has 1 saturated heterocycles. The molecule has 0 bridgehead atoms. The second kappa shape index (κ2) is 9.54. The molecule has 1 fully saturated rings. The first kappa shape index (κ1) is 20.2. The molecule has 2 heterocycles. The molecular formula is C17H30N4O2S2. The van der Waals surface area contributed by atoms with Crippen LogP contribution in [-0.2, 0) is 16.3 Å². The monoisotopic (exact) mass is 386 g/mol. The van der Waals surface area contributed by atoms with Crippen molar-refractivity contribution in [2.45, 2.75) is 33.2 Å². The first-order valence-corrected chi connectivity index (χ1v) is 11.5. The molecule has 1 aliphatic heterocycles. The van der Waals surface area contributed by atoms with Gasteiger partial charge < -0.3 is 10.6 Å². The number of guanidine groups is 1. The number of nitrogens with zero attached hydrogens (tertiary/aromatic N) is 2. The number of rotatable bonds is 7. The van der Waals surface area contributed by atoms with E-state index in [9.17, 15) is 8.42 Å². The smallest absolute Gasteiger partial charge is 0.191 e. The lowest BCUT2D eigenvalue weighted by molar-refractivity contribution is 0.304. The molecule has 1 aromatic heterocycles. The number of sulfone groups is 1. The highest BCUT2D eigenvalue weighted by atomic mass is 32.2. The van der Waals surface area contributed by atoms with Crippen LogP contribution in [0.4, 0.5) is 0 Å². The summed E-state index contributed by atoms with van der Waals surface area (Å²) in [6.07, 6.45) is 0.979. The summed E-state index contributed by atoms with van der Waals surface area (Å²) in [5, 5.41) is 6.74. The molecule has 0 saturated carbocycles. The molecular weight excluding hydrogens is 356 g/mol. The minimum Gasteiger partial charge on any atom is -0.357 e. The van der Waals surface area contributed by atoms with Crippen LogP contribution in [0.5, 0.6) is 0 Å². The predicted molar refractivity (Wildman–Crippen MR) is 106 cm³/mol. The molecule has 6 nitrogen and oxygen atoms in total. The van der Waals surface area contributed by atoms with Crippen molar-refractivity contribution in [1.29, 1.82) is 0 Å². The number of nitrogens with one attached hydrogen (secondary N) is 2. The van der Waals surface area contributed by atoms with Gasteiger partial charge in [-0.05, 0) is 32.9 Å². The molecule has 142 valence electrons. The van der Waals surface area contributed by atoms with Gasteiger partial charge in [-0.3, -0.25) is 9.89 Å². The van der Waals surface area contributed by atoms with Crippen molar-refractivity contribution in [1.82, 2.24) is 15.5 Å². The third kappa shape index (κ3) is 7.33. The van der Waals surface area contributed by atoms with Crippen molar-refractivity contribution in [2.75, 3.05) is 44.2 Å². The van der Waals surface area contributed by atoms with Crippen molar-refractivity contribution in [3.8, 4) is 0 Å². The van der Waals surface area contributed by atoms with Crippen LogP contribution in [0.3, 0.4) is 0 Å². The minimum absolute atomic E-state index is 0.270. The number of hydrogen-bond donors (Lipinski definition) is 2. The van der Waals surface area contributed by atoms with Crippen molar-refractivity contribution in [3.05, 3.63) is 21.9 Å². The summed E-state index contributed by atoms with van der Waals surface area (Å²) in [5.41, 5.74) is 0. The summed E-state index contributed by atoms with van der Waals surface area (Å²) in [7, 11) is -2.81. The SMILES string of the molecule is CCNC(=NCCN1CCS(=O)(=O)CC1)NC(C)Cc1ccc(C)s1. The summed E-state index contributed by atoms with van der Waals surface area (Å²) in [5.74, 6) is 1.37. The van der Waals surface area contributed by atoms with E-state index in [1.54, 1.807) is 0 Å². The van der Waals surface area contributed by atoms with Crippen LogP contribution in [0.2, 0.25) is 0 Å².